The highest BCUT2D eigenvalue weighted by atomic mass is 31.2. The van der Waals surface area contributed by atoms with Gasteiger partial charge in [0.05, 0.1) is 26.1 Å². The van der Waals surface area contributed by atoms with Gasteiger partial charge in [0.1, 0.15) is 18.1 Å². The van der Waals surface area contributed by atoms with E-state index in [4.69, 9.17) is 24.5 Å². The Morgan fingerprint density at radius 3 is 2.49 bits per heavy atom. The Kier molecular flexibility index (Phi) is 10.7. The van der Waals surface area contributed by atoms with Crippen LogP contribution in [0.1, 0.15) is 25.8 Å². The molecule has 0 fully saturated rings. The third-order valence-corrected chi connectivity index (χ3v) is 7.57. The second kappa shape index (κ2) is 14.6. The Hall–Kier alpha value is -3.99. The molecule has 2 aromatic carbocycles. The number of anilines is 1. The molecule has 0 saturated heterocycles. The second-order valence-electron chi connectivity index (χ2n) is 9.08. The van der Waals surface area contributed by atoms with Gasteiger partial charge in [-0.05, 0) is 37.5 Å². The van der Waals surface area contributed by atoms with E-state index >= 15 is 0 Å². The van der Waals surface area contributed by atoms with E-state index < -0.39 is 19.5 Å². The maximum Gasteiger partial charge on any atom is 0.342 e. The third kappa shape index (κ3) is 8.50. The maximum absolute atomic E-state index is 14.1. The first kappa shape index (κ1) is 30.0. The van der Waals surface area contributed by atoms with Crippen LogP contribution in [0.2, 0.25) is 0 Å². The molecule has 0 bridgehead atoms. The first-order valence-electron chi connectivity index (χ1n) is 13.4. The Balaban J connectivity index is 1.48. The molecular weight excluding hydrogens is 547 g/mol. The van der Waals surface area contributed by atoms with Crippen LogP contribution in [0.4, 0.5) is 5.95 Å². The highest BCUT2D eigenvalue weighted by Gasteiger charge is 2.33. The molecule has 13 heteroatoms. The molecule has 1 unspecified atom stereocenters. The smallest absolute Gasteiger partial charge is 0.342 e. The average molecular weight is 583 g/mol. The fourth-order valence-corrected chi connectivity index (χ4v) is 5.68. The maximum atomic E-state index is 14.1. The van der Waals surface area contributed by atoms with Crippen LogP contribution in [0.3, 0.4) is 0 Å². The number of carbonyl (C=O) groups is 1. The molecule has 0 aliphatic heterocycles. The minimum atomic E-state index is -3.76. The predicted octanol–water partition coefficient (Wildman–Crippen LogP) is 4.21. The van der Waals surface area contributed by atoms with Crippen LogP contribution in [-0.4, -0.2) is 57.7 Å². The minimum absolute atomic E-state index is 0.0691. The molecule has 0 amide bonds. The van der Waals surface area contributed by atoms with Gasteiger partial charge in [0, 0.05) is 6.54 Å². The summed E-state index contributed by atoms with van der Waals surface area (Å²) in [6, 6.07) is 17.2. The van der Waals surface area contributed by atoms with E-state index in [1.165, 1.54) is 0 Å². The van der Waals surface area contributed by atoms with Crippen molar-refractivity contribution in [1.29, 1.82) is 0 Å². The Morgan fingerprint density at radius 2 is 1.78 bits per heavy atom. The van der Waals surface area contributed by atoms with E-state index in [9.17, 15) is 9.36 Å². The van der Waals surface area contributed by atoms with Crippen molar-refractivity contribution in [3.05, 3.63) is 72.6 Å². The van der Waals surface area contributed by atoms with Crippen LogP contribution in [0.5, 0.6) is 11.6 Å². The Morgan fingerprint density at radius 1 is 1.05 bits per heavy atom. The zero-order valence-corrected chi connectivity index (χ0v) is 24.0. The molecule has 4 rings (SSSR count). The number of ether oxygens (including phenoxy) is 3. The van der Waals surface area contributed by atoms with Crippen LogP contribution in [0, 0.1) is 0 Å². The van der Waals surface area contributed by atoms with Crippen LogP contribution < -0.4 is 20.1 Å². The SMILES string of the molecule is CCCOc1nc(N)nc2c1ncn2CCOCP(=O)(N[C@@H](Cc1ccccc1)C(=O)OCC)Oc1ccccc1. The molecule has 218 valence electrons. The van der Waals surface area contributed by atoms with Gasteiger partial charge in [-0.2, -0.15) is 9.97 Å². The zero-order valence-electron chi connectivity index (χ0n) is 23.1. The summed E-state index contributed by atoms with van der Waals surface area (Å²) in [6.07, 6.45) is 2.35. The molecule has 2 atom stereocenters. The molecule has 0 radical (unpaired) electrons. The number of carbonyl (C=O) groups excluding carboxylic acids is 1. The molecule has 0 saturated carbocycles. The van der Waals surface area contributed by atoms with Crippen molar-refractivity contribution in [2.75, 3.05) is 31.9 Å². The summed E-state index contributed by atoms with van der Waals surface area (Å²) in [5.74, 6) is 0.236. The number of nitrogen functional groups attached to an aromatic ring is 1. The summed E-state index contributed by atoms with van der Waals surface area (Å²) in [4.78, 5) is 25.7. The number of hydrogen-bond donors (Lipinski definition) is 2. The van der Waals surface area contributed by atoms with Crippen LogP contribution in [0.15, 0.2) is 67.0 Å². The number of rotatable bonds is 16. The number of para-hydroxylation sites is 1. The molecule has 0 aliphatic carbocycles. The molecule has 12 nitrogen and oxygen atoms in total. The van der Waals surface area contributed by atoms with Gasteiger partial charge in [0.15, 0.2) is 11.2 Å². The minimum Gasteiger partial charge on any atom is -0.476 e. The Labute approximate surface area is 238 Å². The van der Waals surface area contributed by atoms with Gasteiger partial charge in [0.2, 0.25) is 11.8 Å². The standard InChI is InChI=1S/C28H35N6O6P/c1-3-16-39-26-24-25(31-28(29)32-26)34(19-30-24)15-17-37-20-41(36,40-22-13-9-6-10-14-22)33-23(27(35)38-4-2)18-21-11-7-5-8-12-21/h5-14,19,23H,3-4,15-18,20H2,1-2H3,(H,33,36)(H2,29,31,32)/t23-,41?/m0/s1. The number of nitrogens with zero attached hydrogens (tertiary/aromatic N) is 4. The van der Waals surface area contributed by atoms with Crippen molar-refractivity contribution >= 4 is 30.6 Å². The largest absolute Gasteiger partial charge is 0.476 e. The van der Waals surface area contributed by atoms with Crippen molar-refractivity contribution in [3.8, 4) is 11.6 Å². The van der Waals surface area contributed by atoms with Gasteiger partial charge in [-0.1, -0.05) is 55.5 Å². The van der Waals surface area contributed by atoms with E-state index in [-0.39, 0.29) is 31.9 Å². The summed E-state index contributed by atoms with van der Waals surface area (Å²) in [5, 5.41) is 2.93. The van der Waals surface area contributed by atoms with Crippen molar-refractivity contribution in [1.82, 2.24) is 24.6 Å². The van der Waals surface area contributed by atoms with E-state index in [1.54, 1.807) is 42.1 Å². The topological polar surface area (TPSA) is 153 Å². The van der Waals surface area contributed by atoms with Crippen LogP contribution >= 0.6 is 7.52 Å². The lowest BCUT2D eigenvalue weighted by Crippen LogP contribution is -2.39. The average Bonchev–Trinajstić information content (AvgIpc) is 3.37. The van der Waals surface area contributed by atoms with Crippen molar-refractivity contribution in [2.24, 2.45) is 0 Å². The number of imidazole rings is 1. The number of fused-ring (bicyclic) bond motifs is 1. The first-order chi connectivity index (χ1) is 19.9. The van der Waals surface area contributed by atoms with Gasteiger partial charge in [-0.25, -0.2) is 10.1 Å². The summed E-state index contributed by atoms with van der Waals surface area (Å²) in [6.45, 7) is 4.84. The zero-order chi connectivity index (χ0) is 29.1. The molecule has 0 aliphatic rings. The fourth-order valence-electron chi connectivity index (χ4n) is 4.00. The van der Waals surface area contributed by atoms with E-state index in [0.29, 0.717) is 35.9 Å². The highest BCUT2D eigenvalue weighted by molar-refractivity contribution is 7.57. The van der Waals surface area contributed by atoms with E-state index in [1.807, 2.05) is 43.3 Å². The third-order valence-electron chi connectivity index (χ3n) is 5.83. The lowest BCUT2D eigenvalue weighted by molar-refractivity contribution is -0.145. The van der Waals surface area contributed by atoms with Gasteiger partial charge < -0.3 is 29.0 Å². The molecular formula is C28H35N6O6P. The summed E-state index contributed by atoms with van der Waals surface area (Å²) >= 11 is 0. The van der Waals surface area contributed by atoms with Gasteiger partial charge in [-0.3, -0.25) is 9.36 Å². The molecule has 41 heavy (non-hydrogen) atoms. The van der Waals surface area contributed by atoms with Crippen molar-refractivity contribution in [2.45, 2.75) is 39.3 Å². The van der Waals surface area contributed by atoms with E-state index in [0.717, 1.165) is 12.0 Å². The molecule has 2 heterocycles. The number of nitrogens with two attached hydrogens (primary N) is 1. The number of esters is 1. The van der Waals surface area contributed by atoms with Gasteiger partial charge in [-0.15, -0.1) is 0 Å². The normalized spacial score (nSPS) is 13.4. The quantitative estimate of drug-likeness (QED) is 0.111. The molecule has 2 aromatic heterocycles. The predicted molar refractivity (Wildman–Crippen MR) is 155 cm³/mol. The fraction of sp³-hybridized carbons (Fsp3) is 0.357. The van der Waals surface area contributed by atoms with Crippen molar-refractivity contribution < 1.29 is 28.1 Å². The number of hydrogen-bond acceptors (Lipinski definition) is 10. The summed E-state index contributed by atoms with van der Waals surface area (Å²) in [5.41, 5.74) is 7.75. The molecule has 0 spiro atoms. The molecule has 3 N–H and O–H groups in total. The lowest BCUT2D eigenvalue weighted by Gasteiger charge is -2.25. The van der Waals surface area contributed by atoms with E-state index in [2.05, 4.69) is 20.0 Å². The number of aromatic nitrogens is 4. The summed E-state index contributed by atoms with van der Waals surface area (Å²) < 4.78 is 38.6. The number of benzene rings is 2. The van der Waals surface area contributed by atoms with Gasteiger partial charge >= 0.3 is 13.5 Å². The van der Waals surface area contributed by atoms with Crippen molar-refractivity contribution in [3.63, 3.8) is 0 Å². The van der Waals surface area contributed by atoms with Crippen LogP contribution in [0.25, 0.3) is 11.2 Å². The molecule has 4 aromatic rings. The second-order valence-corrected chi connectivity index (χ2v) is 11.1. The first-order valence-corrected chi connectivity index (χ1v) is 15.2. The van der Waals surface area contributed by atoms with Gasteiger partial charge in [0.25, 0.3) is 0 Å². The summed E-state index contributed by atoms with van der Waals surface area (Å²) in [7, 11) is -3.76. The monoisotopic (exact) mass is 582 g/mol. The Bertz CT molecular complexity index is 1450. The highest BCUT2D eigenvalue weighted by Crippen LogP contribution is 2.44. The number of nitrogens with one attached hydrogen (secondary N) is 1. The lowest BCUT2D eigenvalue weighted by atomic mass is 10.1. The van der Waals surface area contributed by atoms with Crippen LogP contribution in [-0.2, 0) is 31.8 Å².